The Morgan fingerprint density at radius 3 is 2.09 bits per heavy atom. The van der Waals surface area contributed by atoms with Gasteiger partial charge in [-0.3, -0.25) is 9.59 Å². The van der Waals surface area contributed by atoms with E-state index in [1.165, 1.54) is 0 Å². The number of carbonyl (C=O) groups is 2. The van der Waals surface area contributed by atoms with Gasteiger partial charge in [0.15, 0.2) is 0 Å². The molecule has 2 amide bonds. The lowest BCUT2D eigenvalue weighted by molar-refractivity contribution is -0.128. The maximum atomic E-state index is 12.4. The maximum Gasteiger partial charge on any atom is 0.227 e. The Balaban J connectivity index is 1.86. The van der Waals surface area contributed by atoms with Gasteiger partial charge in [-0.25, -0.2) is 0 Å². The van der Waals surface area contributed by atoms with E-state index in [4.69, 9.17) is 0 Å². The molecule has 0 spiro atoms. The van der Waals surface area contributed by atoms with Crippen LogP contribution >= 0.6 is 0 Å². The maximum absolute atomic E-state index is 12.4. The van der Waals surface area contributed by atoms with Gasteiger partial charge in [0.25, 0.3) is 0 Å². The second-order valence-electron chi connectivity index (χ2n) is 6.45. The van der Waals surface area contributed by atoms with Crippen LogP contribution < -0.4 is 10.6 Å². The zero-order valence-corrected chi connectivity index (χ0v) is 14.0. The fourth-order valence-electron chi connectivity index (χ4n) is 3.23. The van der Waals surface area contributed by atoms with Gasteiger partial charge in [0, 0.05) is 24.1 Å². The van der Waals surface area contributed by atoms with E-state index in [0.717, 1.165) is 42.5 Å². The van der Waals surface area contributed by atoms with E-state index in [2.05, 4.69) is 23.3 Å². The molecule has 124 valence electrons. The summed E-state index contributed by atoms with van der Waals surface area (Å²) in [5.41, 5.74) is 3.14. The molecule has 1 aliphatic carbocycles. The first kappa shape index (κ1) is 17.3. The Bertz CT molecular complexity index is 567. The molecule has 0 heterocycles. The van der Waals surface area contributed by atoms with E-state index in [9.17, 15) is 9.59 Å². The van der Waals surface area contributed by atoms with Crippen LogP contribution in [0.2, 0.25) is 0 Å². The summed E-state index contributed by atoms with van der Waals surface area (Å²) in [6.07, 6.45) is 4.76. The highest BCUT2D eigenvalue weighted by atomic mass is 16.2. The third-order valence-electron chi connectivity index (χ3n) is 4.38. The normalized spacial score (nSPS) is 20.6. The number of rotatable bonds is 5. The minimum Gasteiger partial charge on any atom is -0.352 e. The first-order valence-corrected chi connectivity index (χ1v) is 8.27. The van der Waals surface area contributed by atoms with Crippen molar-refractivity contribution in [2.45, 2.75) is 39.5 Å². The van der Waals surface area contributed by atoms with Crippen molar-refractivity contribution < 1.29 is 9.59 Å². The second-order valence-corrected chi connectivity index (χ2v) is 6.45. The van der Waals surface area contributed by atoms with E-state index in [-0.39, 0.29) is 23.7 Å². The van der Waals surface area contributed by atoms with E-state index >= 15 is 0 Å². The van der Waals surface area contributed by atoms with Crippen molar-refractivity contribution in [1.82, 2.24) is 5.32 Å². The van der Waals surface area contributed by atoms with Crippen LogP contribution in [-0.4, -0.2) is 18.4 Å². The smallest absolute Gasteiger partial charge is 0.227 e. The number of hydrogen-bond donors (Lipinski definition) is 2. The number of aryl methyl sites for hydroxylation is 2. The first-order chi connectivity index (χ1) is 11.0. The van der Waals surface area contributed by atoms with Crippen molar-refractivity contribution in [3.63, 3.8) is 0 Å². The molecule has 0 saturated heterocycles. The third-order valence-corrected chi connectivity index (χ3v) is 4.38. The number of carbonyl (C=O) groups excluding carboxylic acids is 2. The monoisotopic (exact) mass is 314 g/mol. The molecule has 2 N–H and O–H groups in total. The zero-order chi connectivity index (χ0) is 16.8. The summed E-state index contributed by atoms with van der Waals surface area (Å²) in [4.78, 5) is 24.4. The quantitative estimate of drug-likeness (QED) is 0.819. The van der Waals surface area contributed by atoms with Gasteiger partial charge < -0.3 is 10.6 Å². The number of nitrogens with one attached hydrogen (secondary N) is 2. The molecule has 1 saturated carbocycles. The number of amides is 2. The van der Waals surface area contributed by atoms with Gasteiger partial charge in [0.05, 0.1) is 0 Å². The van der Waals surface area contributed by atoms with Crippen molar-refractivity contribution in [2.75, 3.05) is 11.9 Å². The topological polar surface area (TPSA) is 58.2 Å². The van der Waals surface area contributed by atoms with Gasteiger partial charge in [-0.2, -0.15) is 0 Å². The highest BCUT2D eigenvalue weighted by Crippen LogP contribution is 2.30. The molecule has 2 rings (SSSR count). The fraction of sp³-hybridized carbons (Fsp3) is 0.474. The molecular formula is C19H26N2O2. The van der Waals surface area contributed by atoms with Crippen molar-refractivity contribution in [3.05, 3.63) is 42.0 Å². The van der Waals surface area contributed by atoms with Gasteiger partial charge in [-0.1, -0.05) is 12.1 Å². The third kappa shape index (κ3) is 4.95. The lowest BCUT2D eigenvalue weighted by atomic mass is 9.81. The van der Waals surface area contributed by atoms with Crippen molar-refractivity contribution in [1.29, 1.82) is 0 Å². The average Bonchev–Trinajstić information content (AvgIpc) is 2.51. The summed E-state index contributed by atoms with van der Waals surface area (Å²) in [5.74, 6) is 0.178. The summed E-state index contributed by atoms with van der Waals surface area (Å²) in [7, 11) is 0. The highest BCUT2D eigenvalue weighted by Gasteiger charge is 2.29. The number of benzene rings is 1. The van der Waals surface area contributed by atoms with Gasteiger partial charge in [-0.05, 0) is 62.8 Å². The summed E-state index contributed by atoms with van der Waals surface area (Å²) in [5, 5.41) is 5.86. The Kier molecular flexibility index (Phi) is 5.97. The molecule has 4 nitrogen and oxygen atoms in total. The van der Waals surface area contributed by atoms with Crippen LogP contribution in [0.5, 0.6) is 0 Å². The summed E-state index contributed by atoms with van der Waals surface area (Å²) in [6.45, 7) is 8.15. The molecule has 0 atom stereocenters. The van der Waals surface area contributed by atoms with E-state index in [1.807, 2.05) is 26.0 Å². The Morgan fingerprint density at radius 2 is 1.57 bits per heavy atom. The molecule has 0 aliphatic heterocycles. The van der Waals surface area contributed by atoms with Crippen molar-refractivity contribution in [2.24, 2.45) is 11.8 Å². The molecule has 1 fully saturated rings. The van der Waals surface area contributed by atoms with Gasteiger partial charge in [0.2, 0.25) is 11.8 Å². The molecule has 0 bridgehead atoms. The fourth-order valence-corrected chi connectivity index (χ4v) is 3.23. The largest absolute Gasteiger partial charge is 0.352 e. The molecule has 0 radical (unpaired) electrons. The SMILES string of the molecule is C=CCNC(=O)C1CCC(C(=O)Nc2cc(C)cc(C)c2)CC1. The lowest BCUT2D eigenvalue weighted by Crippen LogP contribution is -2.35. The van der Waals surface area contributed by atoms with E-state index in [0.29, 0.717) is 6.54 Å². The zero-order valence-electron chi connectivity index (χ0n) is 14.0. The summed E-state index contributed by atoms with van der Waals surface area (Å²) in [6, 6.07) is 6.06. The predicted octanol–water partition coefficient (Wildman–Crippen LogP) is 3.35. The van der Waals surface area contributed by atoms with Crippen LogP contribution in [0.3, 0.4) is 0 Å². The summed E-state index contributed by atoms with van der Waals surface area (Å²) < 4.78 is 0. The molecule has 4 heteroatoms. The second kappa shape index (κ2) is 7.95. The van der Waals surface area contributed by atoms with Crippen LogP contribution in [0.1, 0.15) is 36.8 Å². The Morgan fingerprint density at radius 1 is 1.04 bits per heavy atom. The van der Waals surface area contributed by atoms with Crippen LogP contribution in [0.15, 0.2) is 30.9 Å². The molecule has 1 aromatic carbocycles. The molecule has 1 aliphatic rings. The molecule has 1 aromatic rings. The lowest BCUT2D eigenvalue weighted by Gasteiger charge is -2.27. The van der Waals surface area contributed by atoms with Crippen molar-refractivity contribution in [3.8, 4) is 0 Å². The van der Waals surface area contributed by atoms with Gasteiger partial charge >= 0.3 is 0 Å². The predicted molar refractivity (Wildman–Crippen MR) is 93.2 cm³/mol. The van der Waals surface area contributed by atoms with Crippen LogP contribution in [-0.2, 0) is 9.59 Å². The Labute approximate surface area is 138 Å². The van der Waals surface area contributed by atoms with E-state index < -0.39 is 0 Å². The van der Waals surface area contributed by atoms with Crippen LogP contribution in [0.4, 0.5) is 5.69 Å². The van der Waals surface area contributed by atoms with Gasteiger partial charge in [-0.15, -0.1) is 6.58 Å². The van der Waals surface area contributed by atoms with Crippen molar-refractivity contribution >= 4 is 17.5 Å². The number of hydrogen-bond acceptors (Lipinski definition) is 2. The molecular weight excluding hydrogens is 288 g/mol. The van der Waals surface area contributed by atoms with Crippen LogP contribution in [0, 0.1) is 25.7 Å². The summed E-state index contributed by atoms with van der Waals surface area (Å²) >= 11 is 0. The van der Waals surface area contributed by atoms with Crippen LogP contribution in [0.25, 0.3) is 0 Å². The Hall–Kier alpha value is -2.10. The molecule has 23 heavy (non-hydrogen) atoms. The van der Waals surface area contributed by atoms with Gasteiger partial charge in [0.1, 0.15) is 0 Å². The molecule has 0 unspecified atom stereocenters. The average molecular weight is 314 g/mol. The molecule has 0 aromatic heterocycles. The minimum atomic E-state index is -0.000673. The van der Waals surface area contributed by atoms with E-state index in [1.54, 1.807) is 6.08 Å². The first-order valence-electron chi connectivity index (χ1n) is 8.27. The standard InChI is InChI=1S/C19H26N2O2/c1-4-9-20-18(22)15-5-7-16(8-6-15)19(23)21-17-11-13(2)10-14(3)12-17/h4,10-12,15-16H,1,5-9H2,2-3H3,(H,20,22)(H,21,23). The minimum absolute atomic E-state index is 0.000673. The highest BCUT2D eigenvalue weighted by molar-refractivity contribution is 5.93. The number of anilines is 1.